The van der Waals surface area contributed by atoms with Crippen molar-refractivity contribution in [2.24, 2.45) is 5.92 Å². The third kappa shape index (κ3) is 66.5. The number of esters is 4. The van der Waals surface area contributed by atoms with Gasteiger partial charge in [-0.3, -0.25) is 37.3 Å². The van der Waals surface area contributed by atoms with Crippen LogP contribution in [0.1, 0.15) is 375 Å². The second-order valence-electron chi connectivity index (χ2n) is 26.5. The lowest BCUT2D eigenvalue weighted by atomic mass is 10.0. The molecular formula is C72H140O17P2. The van der Waals surface area contributed by atoms with E-state index in [0.717, 1.165) is 96.3 Å². The maximum atomic E-state index is 13.0. The molecular weight excluding hydrogens is 1200 g/mol. The van der Waals surface area contributed by atoms with E-state index >= 15 is 0 Å². The number of phosphoric acid groups is 2. The molecule has 0 aliphatic carbocycles. The highest BCUT2D eigenvalue weighted by molar-refractivity contribution is 7.47. The van der Waals surface area contributed by atoms with E-state index < -0.39 is 97.5 Å². The van der Waals surface area contributed by atoms with Gasteiger partial charge in [-0.1, -0.05) is 324 Å². The Labute approximate surface area is 556 Å². The molecule has 0 amide bonds. The molecule has 5 atom stereocenters. The Balaban J connectivity index is 5.23. The lowest BCUT2D eigenvalue weighted by Gasteiger charge is -2.21. The zero-order chi connectivity index (χ0) is 67.0. The smallest absolute Gasteiger partial charge is 0.462 e. The lowest BCUT2D eigenvalue weighted by molar-refractivity contribution is -0.161. The van der Waals surface area contributed by atoms with E-state index in [1.54, 1.807) is 0 Å². The molecule has 0 radical (unpaired) electrons. The Bertz CT molecular complexity index is 1750. The zero-order valence-electron chi connectivity index (χ0n) is 59.0. The quantitative estimate of drug-likeness (QED) is 0.0222. The molecule has 0 fully saturated rings. The van der Waals surface area contributed by atoms with E-state index in [2.05, 4.69) is 34.6 Å². The van der Waals surface area contributed by atoms with Crippen LogP contribution < -0.4 is 0 Å². The predicted molar refractivity (Wildman–Crippen MR) is 368 cm³/mol. The number of carbonyl (C=O) groups excluding carboxylic acids is 4. The molecule has 0 aliphatic heterocycles. The van der Waals surface area contributed by atoms with Gasteiger partial charge >= 0.3 is 39.5 Å². The summed E-state index contributed by atoms with van der Waals surface area (Å²) < 4.78 is 68.3. The van der Waals surface area contributed by atoms with Crippen LogP contribution in [0.4, 0.5) is 0 Å². The van der Waals surface area contributed by atoms with Crippen LogP contribution in [0, 0.1) is 5.92 Å². The number of phosphoric ester groups is 2. The molecule has 0 spiro atoms. The Morgan fingerprint density at radius 1 is 0.297 bits per heavy atom. The van der Waals surface area contributed by atoms with Crippen LogP contribution in [0.2, 0.25) is 0 Å². The van der Waals surface area contributed by atoms with Crippen molar-refractivity contribution in [1.82, 2.24) is 0 Å². The molecule has 540 valence electrons. The molecule has 0 heterocycles. The van der Waals surface area contributed by atoms with Crippen LogP contribution in [-0.4, -0.2) is 96.7 Å². The summed E-state index contributed by atoms with van der Waals surface area (Å²) in [5.41, 5.74) is 0. The fraction of sp³-hybridized carbons (Fsp3) is 0.944. The molecule has 3 N–H and O–H groups in total. The number of aliphatic hydroxyl groups excluding tert-OH is 1. The Morgan fingerprint density at radius 2 is 0.505 bits per heavy atom. The Morgan fingerprint density at radius 3 is 0.747 bits per heavy atom. The number of hydrogen-bond donors (Lipinski definition) is 3. The van der Waals surface area contributed by atoms with Crippen molar-refractivity contribution in [2.45, 2.75) is 393 Å². The molecule has 2 unspecified atom stereocenters. The fourth-order valence-electron chi connectivity index (χ4n) is 11.0. The number of aliphatic hydroxyl groups is 1. The number of rotatable bonds is 72. The molecule has 0 aromatic heterocycles. The van der Waals surface area contributed by atoms with Crippen LogP contribution in [-0.2, 0) is 65.4 Å². The monoisotopic (exact) mass is 1340 g/mol. The lowest BCUT2D eigenvalue weighted by Crippen LogP contribution is -2.30. The first-order chi connectivity index (χ1) is 44.0. The van der Waals surface area contributed by atoms with Gasteiger partial charge in [0, 0.05) is 25.7 Å². The summed E-state index contributed by atoms with van der Waals surface area (Å²) >= 11 is 0. The second kappa shape index (κ2) is 65.4. The maximum absolute atomic E-state index is 13.0. The Kier molecular flexibility index (Phi) is 64.0. The van der Waals surface area contributed by atoms with Gasteiger partial charge in [-0.2, -0.15) is 0 Å². The van der Waals surface area contributed by atoms with Gasteiger partial charge < -0.3 is 33.8 Å². The van der Waals surface area contributed by atoms with Gasteiger partial charge in [0.15, 0.2) is 12.2 Å². The summed E-state index contributed by atoms with van der Waals surface area (Å²) in [7, 11) is -9.90. The standard InChI is InChI=1S/C72H140O17P2/c1-6-9-12-15-18-21-24-27-29-31-34-36-39-45-50-55-69(74)82-61-67(88-72(77)58-53-48-41-38-35-32-30-28-25-22-19-16-13-10-7-2)63-86-90(78,79)84-59-66(73)60-85-91(80,81)87-64-68(62-83-70(75)56-51-46-43-42-44-49-54-65(4)5)89-71(76)57-52-47-40-37-33-26-23-20-17-14-11-8-3/h65-68,73H,6-64H2,1-5H3,(H,78,79)(H,80,81)/t66-,67-,68-/m1/s1. The van der Waals surface area contributed by atoms with Crippen molar-refractivity contribution < 1.29 is 80.2 Å². The highest BCUT2D eigenvalue weighted by atomic mass is 31.2. The summed E-state index contributed by atoms with van der Waals surface area (Å²) in [6.07, 6.45) is 52.7. The van der Waals surface area contributed by atoms with E-state index in [4.69, 9.17) is 37.0 Å². The maximum Gasteiger partial charge on any atom is 0.472 e. The molecule has 0 aromatic carbocycles. The number of ether oxygens (including phenoxy) is 4. The predicted octanol–water partition coefficient (Wildman–Crippen LogP) is 20.9. The van der Waals surface area contributed by atoms with Crippen LogP contribution in [0.5, 0.6) is 0 Å². The van der Waals surface area contributed by atoms with Crippen molar-refractivity contribution >= 4 is 39.5 Å². The van der Waals surface area contributed by atoms with Crippen molar-refractivity contribution in [3.63, 3.8) is 0 Å². The molecule has 0 aliphatic rings. The first kappa shape index (κ1) is 89.1. The first-order valence-corrected chi connectivity index (χ1v) is 40.6. The van der Waals surface area contributed by atoms with Gasteiger partial charge in [0.05, 0.1) is 26.4 Å². The summed E-state index contributed by atoms with van der Waals surface area (Å²) in [5.74, 6) is -1.44. The van der Waals surface area contributed by atoms with E-state index in [0.29, 0.717) is 31.6 Å². The van der Waals surface area contributed by atoms with E-state index in [9.17, 15) is 43.2 Å². The molecule has 0 aromatic rings. The van der Waals surface area contributed by atoms with Crippen LogP contribution >= 0.6 is 15.6 Å². The van der Waals surface area contributed by atoms with Crippen LogP contribution in [0.3, 0.4) is 0 Å². The summed E-state index contributed by atoms with van der Waals surface area (Å²) in [4.78, 5) is 72.6. The SMILES string of the molecule is CCCCCCCCCCCCCCCCCC(=O)OC[C@H](COP(=O)(O)OC[C@@H](O)COP(=O)(O)OC[C@@H](COC(=O)CCCCCCCCC(C)C)OC(=O)CCCCCCCCCCCCCC)OC(=O)CCCCCCCCCCCCCCCCC. The van der Waals surface area contributed by atoms with Gasteiger partial charge in [0.1, 0.15) is 19.3 Å². The van der Waals surface area contributed by atoms with Crippen LogP contribution in [0.25, 0.3) is 0 Å². The van der Waals surface area contributed by atoms with Crippen LogP contribution in [0.15, 0.2) is 0 Å². The van der Waals surface area contributed by atoms with Gasteiger partial charge in [-0.25, -0.2) is 9.13 Å². The van der Waals surface area contributed by atoms with E-state index in [1.807, 2.05) is 0 Å². The largest absolute Gasteiger partial charge is 0.472 e. The minimum Gasteiger partial charge on any atom is -0.462 e. The van der Waals surface area contributed by atoms with Crippen molar-refractivity contribution in [2.75, 3.05) is 39.6 Å². The van der Waals surface area contributed by atoms with Crippen molar-refractivity contribution in [3.8, 4) is 0 Å². The number of hydrogen-bond acceptors (Lipinski definition) is 15. The number of unbranched alkanes of at least 4 members (excludes halogenated alkanes) is 44. The summed E-state index contributed by atoms with van der Waals surface area (Å²) in [6, 6.07) is 0. The minimum atomic E-state index is -4.95. The fourth-order valence-corrected chi connectivity index (χ4v) is 12.6. The summed E-state index contributed by atoms with van der Waals surface area (Å²) in [5, 5.41) is 10.6. The normalized spacial score (nSPS) is 14.0. The average molecular weight is 1340 g/mol. The number of carbonyl (C=O) groups is 4. The van der Waals surface area contributed by atoms with Gasteiger partial charge in [-0.15, -0.1) is 0 Å². The second-order valence-corrected chi connectivity index (χ2v) is 29.4. The molecule has 0 rings (SSSR count). The molecule has 0 saturated carbocycles. The highest BCUT2D eigenvalue weighted by Crippen LogP contribution is 2.45. The third-order valence-electron chi connectivity index (χ3n) is 16.8. The summed E-state index contributed by atoms with van der Waals surface area (Å²) in [6.45, 7) is 7.19. The zero-order valence-corrected chi connectivity index (χ0v) is 60.8. The topological polar surface area (TPSA) is 237 Å². The molecule has 0 bridgehead atoms. The average Bonchev–Trinajstić information content (AvgIpc) is 2.78. The molecule has 91 heavy (non-hydrogen) atoms. The molecule has 17 nitrogen and oxygen atoms in total. The van der Waals surface area contributed by atoms with Crippen molar-refractivity contribution in [1.29, 1.82) is 0 Å². The van der Waals surface area contributed by atoms with Gasteiger partial charge in [0.25, 0.3) is 0 Å². The first-order valence-electron chi connectivity index (χ1n) is 37.6. The molecule has 19 heteroatoms. The van der Waals surface area contributed by atoms with E-state index in [-0.39, 0.29) is 25.7 Å². The van der Waals surface area contributed by atoms with Gasteiger partial charge in [-0.05, 0) is 31.6 Å². The molecule has 0 saturated heterocycles. The van der Waals surface area contributed by atoms with Gasteiger partial charge in [0.2, 0.25) is 0 Å². The Hall–Kier alpha value is -1.94. The minimum absolute atomic E-state index is 0.107. The van der Waals surface area contributed by atoms with E-state index in [1.165, 1.54) is 193 Å². The van der Waals surface area contributed by atoms with Crippen molar-refractivity contribution in [3.05, 3.63) is 0 Å². The highest BCUT2D eigenvalue weighted by Gasteiger charge is 2.30. The third-order valence-corrected chi connectivity index (χ3v) is 18.7.